The van der Waals surface area contributed by atoms with E-state index in [1.807, 2.05) is 24.3 Å². The lowest BCUT2D eigenvalue weighted by Crippen LogP contribution is -2.28. The Labute approximate surface area is 101 Å². The summed E-state index contributed by atoms with van der Waals surface area (Å²) in [5, 5.41) is 9.15. The van der Waals surface area contributed by atoms with Gasteiger partial charge in [0.2, 0.25) is 0 Å². The second kappa shape index (κ2) is 5.01. The molecule has 0 spiro atoms. The molecule has 0 heterocycles. The normalized spacial score (nSPS) is 22.4. The maximum absolute atomic E-state index is 12.0. The highest BCUT2D eigenvalue weighted by Crippen LogP contribution is 2.36. The van der Waals surface area contributed by atoms with Crippen LogP contribution in [0.3, 0.4) is 0 Å². The average molecular weight is 229 g/mol. The van der Waals surface area contributed by atoms with Crippen molar-refractivity contribution in [3.05, 3.63) is 35.4 Å². The number of rotatable bonds is 2. The lowest BCUT2D eigenvalue weighted by atomic mass is 9.76. The summed E-state index contributed by atoms with van der Waals surface area (Å²) in [6, 6.07) is 10.1. The monoisotopic (exact) mass is 229 g/mol. The topological polar surface area (TPSA) is 50.1 Å². The van der Waals surface area contributed by atoms with Gasteiger partial charge < -0.3 is 4.74 Å². The Morgan fingerprint density at radius 1 is 1.53 bits per heavy atom. The van der Waals surface area contributed by atoms with Gasteiger partial charge in [-0.1, -0.05) is 24.3 Å². The molecular weight excluding hydrogens is 214 g/mol. The maximum atomic E-state index is 12.0. The zero-order valence-electron chi connectivity index (χ0n) is 9.85. The van der Waals surface area contributed by atoms with Crippen molar-refractivity contribution in [1.82, 2.24) is 0 Å². The van der Waals surface area contributed by atoms with Crippen LogP contribution in [0.1, 0.15) is 30.4 Å². The molecule has 0 saturated carbocycles. The average Bonchev–Trinajstić information content (AvgIpc) is 2.37. The van der Waals surface area contributed by atoms with Crippen LogP contribution < -0.4 is 0 Å². The van der Waals surface area contributed by atoms with Gasteiger partial charge in [-0.3, -0.25) is 4.79 Å². The van der Waals surface area contributed by atoms with E-state index in [0.717, 1.165) is 24.0 Å². The van der Waals surface area contributed by atoms with E-state index in [1.54, 1.807) is 6.92 Å². The first-order valence-corrected chi connectivity index (χ1v) is 5.92. The Morgan fingerprint density at radius 3 is 3.00 bits per heavy atom. The van der Waals surface area contributed by atoms with Crippen LogP contribution in [0, 0.1) is 17.2 Å². The van der Waals surface area contributed by atoms with Gasteiger partial charge in [0.15, 0.2) is 0 Å². The van der Waals surface area contributed by atoms with Gasteiger partial charge in [0.1, 0.15) is 0 Å². The van der Waals surface area contributed by atoms with Crippen LogP contribution in [-0.2, 0) is 16.0 Å². The van der Waals surface area contributed by atoms with Gasteiger partial charge in [0.05, 0.1) is 24.5 Å². The molecule has 2 unspecified atom stereocenters. The molecule has 1 aliphatic carbocycles. The number of aryl methyl sites for hydroxylation is 1. The first-order valence-electron chi connectivity index (χ1n) is 5.92. The molecular formula is C14H15NO2. The summed E-state index contributed by atoms with van der Waals surface area (Å²) in [6.45, 7) is 2.14. The molecule has 0 aromatic heterocycles. The molecule has 2 rings (SSSR count). The quantitative estimate of drug-likeness (QED) is 0.732. The lowest BCUT2D eigenvalue weighted by molar-refractivity contribution is -0.146. The lowest BCUT2D eigenvalue weighted by Gasteiger charge is -2.27. The predicted octanol–water partition coefficient (Wildman–Crippen LogP) is 2.42. The van der Waals surface area contributed by atoms with E-state index in [9.17, 15) is 4.79 Å². The number of esters is 1. The van der Waals surface area contributed by atoms with E-state index < -0.39 is 5.92 Å². The van der Waals surface area contributed by atoms with Gasteiger partial charge in [0.25, 0.3) is 0 Å². The van der Waals surface area contributed by atoms with Gasteiger partial charge >= 0.3 is 5.97 Å². The molecule has 17 heavy (non-hydrogen) atoms. The van der Waals surface area contributed by atoms with E-state index >= 15 is 0 Å². The highest BCUT2D eigenvalue weighted by atomic mass is 16.5. The number of carbonyl (C=O) groups excluding carboxylic acids is 1. The third-order valence-electron chi connectivity index (χ3n) is 3.22. The number of ether oxygens (including phenoxy) is 1. The van der Waals surface area contributed by atoms with E-state index in [1.165, 1.54) is 0 Å². The van der Waals surface area contributed by atoms with Crippen LogP contribution in [0.25, 0.3) is 0 Å². The van der Waals surface area contributed by atoms with E-state index in [4.69, 9.17) is 10.00 Å². The molecule has 1 aromatic carbocycles. The molecule has 0 amide bonds. The van der Waals surface area contributed by atoms with Crippen LogP contribution in [0.15, 0.2) is 24.3 Å². The molecule has 2 atom stereocenters. The highest BCUT2D eigenvalue weighted by molar-refractivity contribution is 5.80. The van der Waals surface area contributed by atoms with Crippen molar-refractivity contribution in [3.8, 4) is 6.07 Å². The summed E-state index contributed by atoms with van der Waals surface area (Å²) >= 11 is 0. The fourth-order valence-electron chi connectivity index (χ4n) is 2.42. The molecule has 3 nitrogen and oxygen atoms in total. The van der Waals surface area contributed by atoms with Crippen LogP contribution in [0.5, 0.6) is 0 Å². The van der Waals surface area contributed by atoms with Crippen LogP contribution in [-0.4, -0.2) is 12.6 Å². The number of benzene rings is 1. The Bertz CT molecular complexity index is 462. The molecule has 0 N–H and O–H groups in total. The van der Waals surface area contributed by atoms with Gasteiger partial charge in [-0.15, -0.1) is 0 Å². The maximum Gasteiger partial charge on any atom is 0.314 e. The highest BCUT2D eigenvalue weighted by Gasteiger charge is 2.35. The summed E-state index contributed by atoms with van der Waals surface area (Å²) in [4.78, 5) is 12.0. The van der Waals surface area contributed by atoms with Crippen molar-refractivity contribution in [3.63, 3.8) is 0 Å². The number of nitriles is 1. The summed E-state index contributed by atoms with van der Waals surface area (Å²) in [6.07, 6.45) is 1.60. The van der Waals surface area contributed by atoms with Gasteiger partial charge in [-0.25, -0.2) is 0 Å². The zero-order valence-corrected chi connectivity index (χ0v) is 9.85. The fraction of sp³-hybridized carbons (Fsp3) is 0.429. The van der Waals surface area contributed by atoms with Crippen molar-refractivity contribution in [2.24, 2.45) is 5.92 Å². The molecule has 1 aliphatic rings. The van der Waals surface area contributed by atoms with Crippen molar-refractivity contribution in [1.29, 1.82) is 5.26 Å². The Hall–Kier alpha value is -1.82. The van der Waals surface area contributed by atoms with Crippen molar-refractivity contribution >= 4 is 5.97 Å². The zero-order chi connectivity index (χ0) is 12.3. The third kappa shape index (κ3) is 2.16. The fourth-order valence-corrected chi connectivity index (χ4v) is 2.42. The van der Waals surface area contributed by atoms with Crippen LogP contribution in [0.2, 0.25) is 0 Å². The number of hydrogen-bond donors (Lipinski definition) is 0. The predicted molar refractivity (Wildman–Crippen MR) is 63.2 cm³/mol. The summed E-state index contributed by atoms with van der Waals surface area (Å²) in [5.74, 6) is -0.944. The van der Waals surface area contributed by atoms with Crippen molar-refractivity contribution < 1.29 is 9.53 Å². The SMILES string of the molecule is CCOC(=O)C1c2ccccc2CCC1C#N. The molecule has 1 aromatic rings. The smallest absolute Gasteiger partial charge is 0.314 e. The summed E-state index contributed by atoms with van der Waals surface area (Å²) in [7, 11) is 0. The van der Waals surface area contributed by atoms with Gasteiger partial charge in [-0.05, 0) is 30.9 Å². The molecule has 0 fully saturated rings. The molecule has 0 saturated heterocycles. The number of hydrogen-bond acceptors (Lipinski definition) is 3. The second-order valence-corrected chi connectivity index (χ2v) is 4.20. The van der Waals surface area contributed by atoms with Gasteiger partial charge in [0, 0.05) is 0 Å². The largest absolute Gasteiger partial charge is 0.465 e. The first-order chi connectivity index (χ1) is 8.27. The van der Waals surface area contributed by atoms with Crippen molar-refractivity contribution in [2.75, 3.05) is 6.61 Å². The summed E-state index contributed by atoms with van der Waals surface area (Å²) < 4.78 is 5.08. The first kappa shape index (κ1) is 11.7. The molecule has 0 bridgehead atoms. The second-order valence-electron chi connectivity index (χ2n) is 4.20. The number of fused-ring (bicyclic) bond motifs is 1. The Morgan fingerprint density at radius 2 is 2.29 bits per heavy atom. The van der Waals surface area contributed by atoms with Crippen LogP contribution >= 0.6 is 0 Å². The van der Waals surface area contributed by atoms with E-state index in [2.05, 4.69) is 6.07 Å². The Balaban J connectivity index is 2.38. The minimum Gasteiger partial charge on any atom is -0.465 e. The van der Waals surface area contributed by atoms with Gasteiger partial charge in [-0.2, -0.15) is 5.26 Å². The third-order valence-corrected chi connectivity index (χ3v) is 3.22. The van der Waals surface area contributed by atoms with Crippen molar-refractivity contribution in [2.45, 2.75) is 25.7 Å². The minimum absolute atomic E-state index is 0.260. The number of nitrogens with zero attached hydrogens (tertiary/aromatic N) is 1. The summed E-state index contributed by atoms with van der Waals surface area (Å²) in [5.41, 5.74) is 2.13. The minimum atomic E-state index is -0.412. The molecule has 3 heteroatoms. The molecule has 0 radical (unpaired) electrons. The van der Waals surface area contributed by atoms with Crippen LogP contribution in [0.4, 0.5) is 0 Å². The van der Waals surface area contributed by atoms with E-state index in [0.29, 0.717) is 6.61 Å². The Kier molecular flexibility index (Phi) is 3.43. The number of carbonyl (C=O) groups is 1. The molecule has 0 aliphatic heterocycles. The van der Waals surface area contributed by atoms with E-state index in [-0.39, 0.29) is 11.9 Å². The molecule has 88 valence electrons. The standard InChI is InChI=1S/C14H15NO2/c1-2-17-14(16)13-11(9-15)8-7-10-5-3-4-6-12(10)13/h3-6,11,13H,2,7-8H2,1H3.